The Balaban J connectivity index is 1.93. The number of ether oxygens (including phenoxy) is 1. The fraction of sp³-hybridized carbons (Fsp3) is 0.259. The molecule has 0 bridgehead atoms. The van der Waals surface area contributed by atoms with E-state index in [-0.39, 0.29) is 11.0 Å². The zero-order valence-electron chi connectivity index (χ0n) is 19.8. The van der Waals surface area contributed by atoms with Crippen LogP contribution in [-0.2, 0) is 10.2 Å². The fourth-order valence-corrected chi connectivity index (χ4v) is 3.89. The number of methoxy groups -OCH3 is 1. The van der Waals surface area contributed by atoms with Gasteiger partial charge in [0.25, 0.3) is 5.91 Å². The van der Waals surface area contributed by atoms with E-state index in [4.69, 9.17) is 16.3 Å². The predicted octanol–water partition coefficient (Wildman–Crippen LogP) is 6.60. The van der Waals surface area contributed by atoms with E-state index in [2.05, 4.69) is 54.9 Å². The van der Waals surface area contributed by atoms with Crippen LogP contribution in [-0.4, -0.2) is 17.6 Å². The third-order valence-corrected chi connectivity index (χ3v) is 5.77. The van der Waals surface area contributed by atoms with Crippen molar-refractivity contribution in [2.75, 3.05) is 12.4 Å². The summed E-state index contributed by atoms with van der Waals surface area (Å²) in [6, 6.07) is 17.3. The fourth-order valence-electron chi connectivity index (χ4n) is 3.71. The lowest BCUT2D eigenvalue weighted by molar-refractivity contribution is -0.112. The van der Waals surface area contributed by atoms with E-state index in [0.717, 1.165) is 22.6 Å². The lowest BCUT2D eigenvalue weighted by atomic mass is 9.87. The number of anilines is 1. The molecule has 1 N–H and O–H groups in total. The normalized spacial score (nSPS) is 11.8. The molecule has 0 unspecified atom stereocenters. The van der Waals surface area contributed by atoms with Gasteiger partial charge in [0.2, 0.25) is 0 Å². The number of nitriles is 1. The first-order chi connectivity index (χ1) is 15.5. The number of benzene rings is 2. The van der Waals surface area contributed by atoms with Gasteiger partial charge in [0.05, 0.1) is 12.8 Å². The molecule has 0 spiro atoms. The van der Waals surface area contributed by atoms with Crippen molar-refractivity contribution in [2.24, 2.45) is 0 Å². The molecule has 33 heavy (non-hydrogen) atoms. The average molecular weight is 462 g/mol. The van der Waals surface area contributed by atoms with Gasteiger partial charge in [-0.05, 0) is 72.9 Å². The molecule has 0 aliphatic heterocycles. The molecule has 0 fully saturated rings. The van der Waals surface area contributed by atoms with Gasteiger partial charge in [-0.1, -0.05) is 44.5 Å². The van der Waals surface area contributed by atoms with Gasteiger partial charge >= 0.3 is 0 Å². The topological polar surface area (TPSA) is 67.0 Å². The number of carbonyl (C=O) groups is 1. The van der Waals surface area contributed by atoms with Gasteiger partial charge in [-0.3, -0.25) is 4.79 Å². The van der Waals surface area contributed by atoms with Gasteiger partial charge in [-0.2, -0.15) is 5.26 Å². The quantitative estimate of drug-likeness (QED) is 0.344. The Kier molecular flexibility index (Phi) is 7.00. The first-order valence-corrected chi connectivity index (χ1v) is 11.0. The van der Waals surface area contributed by atoms with Gasteiger partial charge in [-0.15, -0.1) is 0 Å². The van der Waals surface area contributed by atoms with Crippen LogP contribution in [0, 0.1) is 25.2 Å². The summed E-state index contributed by atoms with van der Waals surface area (Å²) in [5, 5.41) is 12.8. The van der Waals surface area contributed by atoms with Crippen molar-refractivity contribution in [3.8, 4) is 17.5 Å². The molecule has 170 valence electrons. The highest BCUT2D eigenvalue weighted by Gasteiger charge is 2.17. The van der Waals surface area contributed by atoms with E-state index in [0.29, 0.717) is 16.5 Å². The van der Waals surface area contributed by atoms with Gasteiger partial charge < -0.3 is 14.6 Å². The second-order valence-corrected chi connectivity index (χ2v) is 9.36. The number of carbonyl (C=O) groups excluding carboxylic acids is 1. The van der Waals surface area contributed by atoms with E-state index in [1.807, 2.05) is 26.0 Å². The minimum Gasteiger partial charge on any atom is -0.495 e. The van der Waals surface area contributed by atoms with Gasteiger partial charge in [0, 0.05) is 22.1 Å². The van der Waals surface area contributed by atoms with Crippen LogP contribution < -0.4 is 10.1 Å². The minimum atomic E-state index is -0.530. The average Bonchev–Trinajstić information content (AvgIpc) is 3.04. The molecule has 0 aliphatic carbocycles. The first kappa shape index (κ1) is 24.2. The van der Waals surface area contributed by atoms with Crippen LogP contribution in [0.5, 0.6) is 5.75 Å². The Morgan fingerprint density at radius 3 is 2.36 bits per heavy atom. The summed E-state index contributed by atoms with van der Waals surface area (Å²) in [5.74, 6) is -0.0701. The van der Waals surface area contributed by atoms with Crippen LogP contribution in [0.25, 0.3) is 11.8 Å². The Hall–Kier alpha value is -3.49. The van der Waals surface area contributed by atoms with Crippen LogP contribution in [0.3, 0.4) is 0 Å². The summed E-state index contributed by atoms with van der Waals surface area (Å²) in [7, 11) is 1.50. The van der Waals surface area contributed by atoms with E-state index >= 15 is 0 Å². The van der Waals surface area contributed by atoms with Gasteiger partial charge in [-0.25, -0.2) is 0 Å². The molecule has 0 atom stereocenters. The smallest absolute Gasteiger partial charge is 0.266 e. The molecule has 3 rings (SSSR count). The van der Waals surface area contributed by atoms with E-state index < -0.39 is 5.91 Å². The molecule has 1 aromatic heterocycles. The summed E-state index contributed by atoms with van der Waals surface area (Å²) in [6.45, 7) is 10.5. The third kappa shape index (κ3) is 5.30. The summed E-state index contributed by atoms with van der Waals surface area (Å²) in [4.78, 5) is 12.8. The molecule has 0 saturated carbocycles. The summed E-state index contributed by atoms with van der Waals surface area (Å²) < 4.78 is 7.39. The number of amides is 1. The van der Waals surface area contributed by atoms with E-state index in [1.165, 1.54) is 12.7 Å². The molecule has 3 aromatic rings. The maximum atomic E-state index is 12.8. The molecular formula is C27H28ClN3O2. The second-order valence-electron chi connectivity index (χ2n) is 8.93. The Labute approximate surface area is 200 Å². The number of aryl methyl sites for hydroxylation is 1. The molecule has 5 nitrogen and oxygen atoms in total. The molecule has 1 amide bonds. The zero-order chi connectivity index (χ0) is 24.3. The van der Waals surface area contributed by atoms with Crippen molar-refractivity contribution >= 4 is 29.3 Å². The van der Waals surface area contributed by atoms with E-state index in [9.17, 15) is 10.1 Å². The summed E-state index contributed by atoms with van der Waals surface area (Å²) in [5.41, 5.74) is 5.51. The maximum Gasteiger partial charge on any atom is 0.266 e. The number of nitrogens with one attached hydrogen (secondary N) is 1. The Morgan fingerprint density at radius 1 is 1.12 bits per heavy atom. The van der Waals surface area contributed by atoms with Crippen LogP contribution in [0.2, 0.25) is 5.02 Å². The highest BCUT2D eigenvalue weighted by atomic mass is 35.5. The number of aromatic nitrogens is 1. The van der Waals surface area contributed by atoms with Crippen molar-refractivity contribution in [3.63, 3.8) is 0 Å². The predicted molar refractivity (Wildman–Crippen MR) is 134 cm³/mol. The molecule has 0 saturated heterocycles. The molecule has 1 heterocycles. The molecule has 0 aliphatic rings. The lowest BCUT2D eigenvalue weighted by Gasteiger charge is -2.20. The lowest BCUT2D eigenvalue weighted by Crippen LogP contribution is -2.14. The number of hydrogen-bond acceptors (Lipinski definition) is 3. The molecule has 2 aromatic carbocycles. The van der Waals surface area contributed by atoms with Crippen molar-refractivity contribution in [2.45, 2.75) is 40.0 Å². The molecule has 0 radical (unpaired) electrons. The summed E-state index contributed by atoms with van der Waals surface area (Å²) >= 11 is 6.04. The van der Waals surface area contributed by atoms with Crippen LogP contribution in [0.15, 0.2) is 54.1 Å². The van der Waals surface area contributed by atoms with Crippen molar-refractivity contribution in [3.05, 3.63) is 81.6 Å². The van der Waals surface area contributed by atoms with Crippen LogP contribution in [0.1, 0.15) is 43.3 Å². The Morgan fingerprint density at radius 2 is 1.79 bits per heavy atom. The Bertz CT molecular complexity index is 1260. The van der Waals surface area contributed by atoms with Crippen LogP contribution >= 0.6 is 11.6 Å². The zero-order valence-corrected chi connectivity index (χ0v) is 20.5. The van der Waals surface area contributed by atoms with Crippen molar-refractivity contribution in [1.29, 1.82) is 5.26 Å². The molecule has 6 heteroatoms. The number of rotatable bonds is 5. The number of hydrogen-bond donors (Lipinski definition) is 1. The maximum absolute atomic E-state index is 12.8. The summed E-state index contributed by atoms with van der Waals surface area (Å²) in [6.07, 6.45) is 1.61. The number of nitrogens with zero attached hydrogens (tertiary/aromatic N) is 2. The van der Waals surface area contributed by atoms with Gasteiger partial charge in [0.1, 0.15) is 17.4 Å². The monoisotopic (exact) mass is 461 g/mol. The largest absolute Gasteiger partial charge is 0.495 e. The van der Waals surface area contributed by atoms with Crippen molar-refractivity contribution < 1.29 is 9.53 Å². The van der Waals surface area contributed by atoms with E-state index in [1.54, 1.807) is 24.3 Å². The second kappa shape index (κ2) is 9.56. The van der Waals surface area contributed by atoms with Crippen LogP contribution in [0.4, 0.5) is 5.69 Å². The first-order valence-electron chi connectivity index (χ1n) is 10.6. The van der Waals surface area contributed by atoms with Gasteiger partial charge in [0.15, 0.2) is 0 Å². The highest BCUT2D eigenvalue weighted by Crippen LogP contribution is 2.29. The highest BCUT2D eigenvalue weighted by molar-refractivity contribution is 6.31. The number of halogens is 1. The standard InChI is InChI=1S/C27H28ClN3O2/c1-17-13-19(18(2)31(17)23-10-7-21(8-11-23)27(3,4)5)14-20(16-29)26(32)30-24-15-22(28)9-12-25(24)33-6/h7-15H,1-6H3,(H,30,32)/b20-14+. The SMILES string of the molecule is COc1ccc(Cl)cc1NC(=O)/C(C#N)=C/c1cc(C)n(-c2ccc(C(C)(C)C)cc2)c1C. The van der Waals surface area contributed by atoms with Crippen molar-refractivity contribution in [1.82, 2.24) is 4.57 Å². The molecular weight excluding hydrogens is 434 g/mol. The third-order valence-electron chi connectivity index (χ3n) is 5.54. The minimum absolute atomic E-state index is 0.0136.